The van der Waals surface area contributed by atoms with E-state index in [0.29, 0.717) is 5.75 Å². The van der Waals surface area contributed by atoms with Crippen molar-refractivity contribution < 1.29 is 14.6 Å². The van der Waals surface area contributed by atoms with Crippen LogP contribution in [-0.4, -0.2) is 19.3 Å². The Hall–Kier alpha value is -2.00. The molecule has 2 rings (SSSR count). The van der Waals surface area contributed by atoms with Crippen molar-refractivity contribution in [2.45, 2.75) is 26.4 Å². The van der Waals surface area contributed by atoms with Crippen molar-refractivity contribution in [3.05, 3.63) is 58.7 Å². The lowest BCUT2D eigenvalue weighted by molar-refractivity contribution is 0.278. The van der Waals surface area contributed by atoms with Crippen molar-refractivity contribution in [2.24, 2.45) is 0 Å². The van der Waals surface area contributed by atoms with Crippen LogP contribution in [0.4, 0.5) is 0 Å². The third-order valence-corrected chi connectivity index (χ3v) is 3.66. The van der Waals surface area contributed by atoms with Gasteiger partial charge in [-0.15, -0.1) is 0 Å². The van der Waals surface area contributed by atoms with Crippen molar-refractivity contribution in [1.29, 1.82) is 0 Å². The highest BCUT2D eigenvalue weighted by Gasteiger charge is 2.14. The number of hydrogen-bond acceptors (Lipinski definition) is 3. The molecule has 0 aliphatic heterocycles. The maximum absolute atomic E-state index is 9.55. The molecule has 0 heterocycles. The smallest absolute Gasteiger partial charge is 0.164 e. The van der Waals surface area contributed by atoms with E-state index in [2.05, 4.69) is 31.2 Å². The van der Waals surface area contributed by atoms with Gasteiger partial charge in [-0.3, -0.25) is 0 Å². The van der Waals surface area contributed by atoms with Crippen molar-refractivity contribution in [3.63, 3.8) is 0 Å². The zero-order valence-corrected chi connectivity index (χ0v) is 12.8. The highest BCUT2D eigenvalue weighted by molar-refractivity contribution is 5.51. The summed E-state index contributed by atoms with van der Waals surface area (Å²) in [6.07, 6.45) is 1.71. The Labute approximate surface area is 126 Å². The molecule has 0 saturated heterocycles. The second kappa shape index (κ2) is 7.14. The second-order valence-electron chi connectivity index (χ2n) is 5.09. The molecule has 3 heteroatoms. The van der Waals surface area contributed by atoms with Gasteiger partial charge in [0.05, 0.1) is 20.8 Å². The molecule has 0 aliphatic rings. The lowest BCUT2D eigenvalue weighted by Crippen LogP contribution is -2.03. The number of aryl methyl sites for hydroxylation is 2. The molecule has 0 radical (unpaired) electrons. The van der Waals surface area contributed by atoms with Gasteiger partial charge in [-0.05, 0) is 37.0 Å². The van der Waals surface area contributed by atoms with Crippen LogP contribution in [0.2, 0.25) is 0 Å². The summed E-state index contributed by atoms with van der Waals surface area (Å²) in [4.78, 5) is 0. The standard InChI is InChI=1S/C18H22O3/c1-13-5-4-6-14(11-13)7-9-16-15(12-19)8-10-17(20-2)18(16)21-3/h4-6,8,10-11,19H,7,9,12H2,1-3H3. The number of rotatable bonds is 6. The first kappa shape index (κ1) is 15.4. The number of hydrogen-bond donors (Lipinski definition) is 1. The van der Waals surface area contributed by atoms with Gasteiger partial charge in [-0.2, -0.15) is 0 Å². The molecule has 2 aromatic rings. The predicted molar refractivity (Wildman–Crippen MR) is 84.1 cm³/mol. The number of aliphatic hydroxyl groups is 1. The average molecular weight is 286 g/mol. The Bertz CT molecular complexity index is 605. The summed E-state index contributed by atoms with van der Waals surface area (Å²) >= 11 is 0. The van der Waals surface area contributed by atoms with Gasteiger partial charge >= 0.3 is 0 Å². The molecular weight excluding hydrogens is 264 g/mol. The SMILES string of the molecule is COc1ccc(CO)c(CCc2cccc(C)c2)c1OC. The van der Waals surface area contributed by atoms with E-state index in [0.717, 1.165) is 29.7 Å². The molecule has 21 heavy (non-hydrogen) atoms. The Morgan fingerprint density at radius 3 is 2.43 bits per heavy atom. The van der Waals surface area contributed by atoms with Gasteiger partial charge in [-0.1, -0.05) is 35.9 Å². The number of aliphatic hydroxyl groups excluding tert-OH is 1. The maximum atomic E-state index is 9.55. The number of ether oxygens (including phenoxy) is 2. The average Bonchev–Trinajstić information content (AvgIpc) is 2.51. The molecule has 2 aromatic carbocycles. The largest absolute Gasteiger partial charge is 0.493 e. The van der Waals surface area contributed by atoms with E-state index in [9.17, 15) is 5.11 Å². The zero-order chi connectivity index (χ0) is 15.2. The van der Waals surface area contributed by atoms with Gasteiger partial charge in [0, 0.05) is 5.56 Å². The lowest BCUT2D eigenvalue weighted by Gasteiger charge is -2.16. The molecule has 0 amide bonds. The highest BCUT2D eigenvalue weighted by atomic mass is 16.5. The van der Waals surface area contributed by atoms with E-state index in [4.69, 9.17) is 9.47 Å². The Morgan fingerprint density at radius 2 is 1.81 bits per heavy atom. The summed E-state index contributed by atoms with van der Waals surface area (Å²) in [6, 6.07) is 12.2. The molecule has 0 atom stereocenters. The Balaban J connectivity index is 2.29. The zero-order valence-electron chi connectivity index (χ0n) is 12.8. The van der Waals surface area contributed by atoms with Crippen LogP contribution >= 0.6 is 0 Å². The van der Waals surface area contributed by atoms with Crippen molar-refractivity contribution in [2.75, 3.05) is 14.2 Å². The molecule has 0 spiro atoms. The fourth-order valence-electron chi connectivity index (χ4n) is 2.59. The first-order chi connectivity index (χ1) is 10.2. The van der Waals surface area contributed by atoms with Crippen LogP contribution in [0.15, 0.2) is 36.4 Å². The van der Waals surface area contributed by atoms with Gasteiger partial charge < -0.3 is 14.6 Å². The minimum Gasteiger partial charge on any atom is -0.493 e. The maximum Gasteiger partial charge on any atom is 0.164 e. The molecule has 0 bridgehead atoms. The van der Waals surface area contributed by atoms with Crippen LogP contribution in [0.1, 0.15) is 22.3 Å². The number of benzene rings is 2. The summed E-state index contributed by atoms with van der Waals surface area (Å²) in [5.74, 6) is 1.42. The van der Waals surface area contributed by atoms with Crippen LogP contribution in [-0.2, 0) is 19.4 Å². The monoisotopic (exact) mass is 286 g/mol. The minimum atomic E-state index is 0.00348. The van der Waals surface area contributed by atoms with Crippen LogP contribution in [0.5, 0.6) is 11.5 Å². The fraction of sp³-hybridized carbons (Fsp3) is 0.333. The van der Waals surface area contributed by atoms with Gasteiger partial charge in [-0.25, -0.2) is 0 Å². The molecule has 0 fully saturated rings. The molecular formula is C18H22O3. The van der Waals surface area contributed by atoms with Crippen LogP contribution < -0.4 is 9.47 Å². The van der Waals surface area contributed by atoms with Crippen molar-refractivity contribution >= 4 is 0 Å². The molecule has 0 aromatic heterocycles. The highest BCUT2D eigenvalue weighted by Crippen LogP contribution is 2.34. The molecule has 3 nitrogen and oxygen atoms in total. The molecule has 1 N–H and O–H groups in total. The first-order valence-corrected chi connectivity index (χ1v) is 7.08. The van der Waals surface area contributed by atoms with E-state index in [1.54, 1.807) is 14.2 Å². The van der Waals surface area contributed by atoms with Crippen LogP contribution in [0, 0.1) is 6.92 Å². The van der Waals surface area contributed by atoms with E-state index in [1.807, 2.05) is 12.1 Å². The van der Waals surface area contributed by atoms with Gasteiger partial charge in [0.1, 0.15) is 0 Å². The van der Waals surface area contributed by atoms with E-state index in [-0.39, 0.29) is 6.61 Å². The van der Waals surface area contributed by atoms with Crippen LogP contribution in [0.3, 0.4) is 0 Å². The Morgan fingerprint density at radius 1 is 1.00 bits per heavy atom. The molecule has 0 aliphatic carbocycles. The molecule has 112 valence electrons. The van der Waals surface area contributed by atoms with E-state index >= 15 is 0 Å². The normalized spacial score (nSPS) is 10.5. The third kappa shape index (κ3) is 3.56. The predicted octanol–water partition coefficient (Wildman–Crippen LogP) is 3.29. The summed E-state index contributed by atoms with van der Waals surface area (Å²) < 4.78 is 10.8. The quantitative estimate of drug-likeness (QED) is 0.885. The second-order valence-corrected chi connectivity index (χ2v) is 5.09. The van der Waals surface area contributed by atoms with Crippen molar-refractivity contribution in [3.8, 4) is 11.5 Å². The van der Waals surface area contributed by atoms with Gasteiger partial charge in [0.15, 0.2) is 11.5 Å². The number of methoxy groups -OCH3 is 2. The molecule has 0 unspecified atom stereocenters. The minimum absolute atomic E-state index is 0.00348. The summed E-state index contributed by atoms with van der Waals surface area (Å²) in [7, 11) is 3.26. The van der Waals surface area contributed by atoms with E-state index in [1.165, 1.54) is 11.1 Å². The summed E-state index contributed by atoms with van der Waals surface area (Å²) in [5, 5.41) is 9.55. The summed E-state index contributed by atoms with van der Waals surface area (Å²) in [5.41, 5.74) is 4.44. The first-order valence-electron chi connectivity index (χ1n) is 7.08. The Kier molecular flexibility index (Phi) is 5.23. The molecule has 0 saturated carbocycles. The van der Waals surface area contributed by atoms with Gasteiger partial charge in [0.2, 0.25) is 0 Å². The lowest BCUT2D eigenvalue weighted by atomic mass is 9.98. The van der Waals surface area contributed by atoms with Gasteiger partial charge in [0.25, 0.3) is 0 Å². The third-order valence-electron chi connectivity index (χ3n) is 3.66. The fourth-order valence-corrected chi connectivity index (χ4v) is 2.59. The topological polar surface area (TPSA) is 38.7 Å². The van der Waals surface area contributed by atoms with Crippen molar-refractivity contribution in [1.82, 2.24) is 0 Å². The summed E-state index contributed by atoms with van der Waals surface area (Å²) in [6.45, 7) is 2.10. The van der Waals surface area contributed by atoms with E-state index < -0.39 is 0 Å². The van der Waals surface area contributed by atoms with Crippen LogP contribution in [0.25, 0.3) is 0 Å².